The van der Waals surface area contributed by atoms with E-state index in [9.17, 15) is 0 Å². The van der Waals surface area contributed by atoms with E-state index in [-0.39, 0.29) is 0 Å². The van der Waals surface area contributed by atoms with Crippen molar-refractivity contribution in [2.45, 2.75) is 13.5 Å². The molecule has 0 amide bonds. The second-order valence-corrected chi connectivity index (χ2v) is 5.23. The molecular weight excluding hydrogens is 270 g/mol. The molecule has 0 spiro atoms. The van der Waals surface area contributed by atoms with Gasteiger partial charge in [0.1, 0.15) is 0 Å². The van der Waals surface area contributed by atoms with Gasteiger partial charge in [-0.1, -0.05) is 11.6 Å². The van der Waals surface area contributed by atoms with Crippen LogP contribution in [-0.4, -0.2) is 7.05 Å². The average molecular weight is 286 g/mol. The molecule has 102 valence electrons. The third-order valence-corrected chi connectivity index (χ3v) is 3.62. The number of nitriles is 1. The summed E-state index contributed by atoms with van der Waals surface area (Å²) >= 11 is 6.18. The van der Waals surface area contributed by atoms with Crippen molar-refractivity contribution < 1.29 is 0 Å². The van der Waals surface area contributed by atoms with E-state index in [1.54, 1.807) is 6.07 Å². The lowest BCUT2D eigenvalue weighted by Gasteiger charge is -2.21. The van der Waals surface area contributed by atoms with Gasteiger partial charge >= 0.3 is 0 Å². The Balaban J connectivity index is 2.24. The Kier molecular flexibility index (Phi) is 4.16. The monoisotopic (exact) mass is 285 g/mol. The number of hydrogen-bond donors (Lipinski definition) is 1. The van der Waals surface area contributed by atoms with Gasteiger partial charge < -0.3 is 10.6 Å². The lowest BCUT2D eigenvalue weighted by atomic mass is 10.1. The molecule has 2 aromatic carbocycles. The van der Waals surface area contributed by atoms with Gasteiger partial charge in [-0.05, 0) is 54.4 Å². The second kappa shape index (κ2) is 5.85. The number of halogens is 1. The van der Waals surface area contributed by atoms with Gasteiger partial charge in [-0.2, -0.15) is 5.26 Å². The van der Waals surface area contributed by atoms with E-state index < -0.39 is 0 Å². The fourth-order valence-corrected chi connectivity index (χ4v) is 2.25. The lowest BCUT2D eigenvalue weighted by Crippen LogP contribution is -2.17. The molecule has 0 saturated carbocycles. The Hall–Kier alpha value is -2.18. The highest BCUT2D eigenvalue weighted by Crippen LogP contribution is 2.24. The zero-order chi connectivity index (χ0) is 14.7. The third kappa shape index (κ3) is 3.04. The van der Waals surface area contributed by atoms with Crippen molar-refractivity contribution in [3.63, 3.8) is 0 Å². The third-order valence-electron chi connectivity index (χ3n) is 3.25. The van der Waals surface area contributed by atoms with Gasteiger partial charge in [-0.3, -0.25) is 0 Å². The van der Waals surface area contributed by atoms with E-state index in [4.69, 9.17) is 22.6 Å². The number of hydrogen-bond acceptors (Lipinski definition) is 3. The van der Waals surface area contributed by atoms with E-state index in [1.165, 1.54) is 0 Å². The van der Waals surface area contributed by atoms with Crippen molar-refractivity contribution in [2.24, 2.45) is 0 Å². The van der Waals surface area contributed by atoms with Gasteiger partial charge in [0.05, 0.1) is 11.6 Å². The Labute approximate surface area is 124 Å². The molecule has 3 nitrogen and oxygen atoms in total. The normalized spacial score (nSPS) is 10.1. The molecule has 0 saturated heterocycles. The van der Waals surface area contributed by atoms with Crippen LogP contribution in [0.25, 0.3) is 0 Å². The van der Waals surface area contributed by atoms with Crippen LogP contribution in [0.4, 0.5) is 11.4 Å². The summed E-state index contributed by atoms with van der Waals surface area (Å²) in [4.78, 5) is 2.08. The molecule has 0 radical (unpaired) electrons. The van der Waals surface area contributed by atoms with Crippen LogP contribution >= 0.6 is 11.6 Å². The highest BCUT2D eigenvalue weighted by Gasteiger charge is 2.07. The van der Waals surface area contributed by atoms with Crippen molar-refractivity contribution in [1.29, 1.82) is 5.26 Å². The predicted octanol–water partition coefficient (Wildman–Crippen LogP) is 3.74. The molecule has 0 aliphatic carbocycles. The summed E-state index contributed by atoms with van der Waals surface area (Å²) < 4.78 is 0. The topological polar surface area (TPSA) is 53.0 Å². The summed E-state index contributed by atoms with van der Waals surface area (Å²) in [6.07, 6.45) is 0. The molecule has 4 heteroatoms. The van der Waals surface area contributed by atoms with E-state index in [0.717, 1.165) is 16.8 Å². The van der Waals surface area contributed by atoms with E-state index in [1.807, 2.05) is 44.3 Å². The number of anilines is 2. The molecule has 2 N–H and O–H groups in total. The van der Waals surface area contributed by atoms with Crippen LogP contribution in [0.1, 0.15) is 16.7 Å². The SMILES string of the molecule is Cc1cc(N(C)Cc2cc(N)ccc2Cl)ccc1C#N. The highest BCUT2D eigenvalue weighted by atomic mass is 35.5. The second-order valence-electron chi connectivity index (χ2n) is 4.82. The molecule has 0 bridgehead atoms. The molecule has 2 aromatic rings. The molecule has 2 rings (SSSR count). The molecule has 0 unspecified atom stereocenters. The van der Waals surface area contributed by atoms with Crippen LogP contribution in [0, 0.1) is 18.3 Å². The maximum absolute atomic E-state index is 8.96. The zero-order valence-corrected chi connectivity index (χ0v) is 12.3. The maximum atomic E-state index is 8.96. The van der Waals surface area contributed by atoms with Gasteiger partial charge in [-0.25, -0.2) is 0 Å². The molecule has 0 aromatic heterocycles. The minimum absolute atomic E-state index is 0.662. The van der Waals surface area contributed by atoms with Gasteiger partial charge in [0.2, 0.25) is 0 Å². The average Bonchev–Trinajstić information content (AvgIpc) is 2.42. The Morgan fingerprint density at radius 3 is 2.65 bits per heavy atom. The standard InChI is InChI=1S/C16H16ClN3/c1-11-7-15(5-3-12(11)9-18)20(2)10-13-8-14(19)4-6-16(13)17/h3-8H,10,19H2,1-2H3. The maximum Gasteiger partial charge on any atom is 0.0994 e. The van der Waals surface area contributed by atoms with Crippen molar-refractivity contribution in [2.75, 3.05) is 17.7 Å². The summed E-state index contributed by atoms with van der Waals surface area (Å²) in [5.74, 6) is 0. The number of nitrogen functional groups attached to an aromatic ring is 1. The number of nitrogens with zero attached hydrogens (tertiary/aromatic N) is 2. The Bertz CT molecular complexity index is 674. The Morgan fingerprint density at radius 2 is 2.00 bits per heavy atom. The van der Waals surface area contributed by atoms with Crippen molar-refractivity contribution in [1.82, 2.24) is 0 Å². The minimum Gasteiger partial charge on any atom is -0.399 e. The molecule has 0 aliphatic rings. The fraction of sp³-hybridized carbons (Fsp3) is 0.188. The first-order chi connectivity index (χ1) is 9.51. The highest BCUT2D eigenvalue weighted by molar-refractivity contribution is 6.31. The molecule has 0 fully saturated rings. The quantitative estimate of drug-likeness (QED) is 0.874. The first-order valence-corrected chi connectivity index (χ1v) is 6.65. The molecule has 0 heterocycles. The van der Waals surface area contributed by atoms with Crippen LogP contribution in [0.2, 0.25) is 5.02 Å². The summed E-state index contributed by atoms with van der Waals surface area (Å²) in [6, 6.07) is 13.4. The number of benzene rings is 2. The largest absolute Gasteiger partial charge is 0.399 e. The van der Waals surface area contributed by atoms with Gasteiger partial charge in [0, 0.05) is 30.0 Å². The van der Waals surface area contributed by atoms with E-state index in [0.29, 0.717) is 22.8 Å². The van der Waals surface area contributed by atoms with Gasteiger partial charge in [0.15, 0.2) is 0 Å². The smallest absolute Gasteiger partial charge is 0.0994 e. The van der Waals surface area contributed by atoms with Crippen molar-refractivity contribution in [3.8, 4) is 6.07 Å². The number of aryl methyl sites for hydroxylation is 1. The zero-order valence-electron chi connectivity index (χ0n) is 11.5. The number of rotatable bonds is 3. The number of nitrogens with two attached hydrogens (primary N) is 1. The lowest BCUT2D eigenvalue weighted by molar-refractivity contribution is 0.922. The summed E-state index contributed by atoms with van der Waals surface area (Å²) in [7, 11) is 1.99. The molecular formula is C16H16ClN3. The predicted molar refractivity (Wildman–Crippen MR) is 83.9 cm³/mol. The van der Waals surface area contributed by atoms with Crippen LogP contribution in [0.15, 0.2) is 36.4 Å². The first-order valence-electron chi connectivity index (χ1n) is 6.27. The minimum atomic E-state index is 0.662. The summed E-state index contributed by atoms with van der Waals surface area (Å²) in [5.41, 5.74) is 10.2. The molecule has 0 atom stereocenters. The van der Waals surface area contributed by atoms with Gasteiger partial charge in [0.25, 0.3) is 0 Å². The summed E-state index contributed by atoms with van der Waals surface area (Å²) in [5, 5.41) is 9.66. The van der Waals surface area contributed by atoms with E-state index in [2.05, 4.69) is 11.0 Å². The van der Waals surface area contributed by atoms with Crippen molar-refractivity contribution >= 4 is 23.0 Å². The Morgan fingerprint density at radius 1 is 1.25 bits per heavy atom. The molecule has 20 heavy (non-hydrogen) atoms. The first kappa shape index (κ1) is 14.2. The molecule has 0 aliphatic heterocycles. The van der Waals surface area contributed by atoms with Gasteiger partial charge in [-0.15, -0.1) is 0 Å². The van der Waals surface area contributed by atoms with Crippen LogP contribution in [0.5, 0.6) is 0 Å². The van der Waals surface area contributed by atoms with E-state index >= 15 is 0 Å². The van der Waals surface area contributed by atoms with Crippen molar-refractivity contribution in [3.05, 3.63) is 58.1 Å². The summed E-state index contributed by atoms with van der Waals surface area (Å²) in [6.45, 7) is 2.60. The van der Waals surface area contributed by atoms with Crippen LogP contribution in [0.3, 0.4) is 0 Å². The van der Waals surface area contributed by atoms with Crippen LogP contribution in [-0.2, 0) is 6.54 Å². The fourth-order valence-electron chi connectivity index (χ4n) is 2.07. The van der Waals surface area contributed by atoms with Crippen LogP contribution < -0.4 is 10.6 Å².